The number of sulfone groups is 1. The lowest BCUT2D eigenvalue weighted by Crippen LogP contribution is -2.45. The zero-order valence-electron chi connectivity index (χ0n) is 13.3. The third-order valence-electron chi connectivity index (χ3n) is 4.24. The van der Waals surface area contributed by atoms with Gasteiger partial charge in [-0.2, -0.15) is 0 Å². The van der Waals surface area contributed by atoms with E-state index in [0.717, 1.165) is 0 Å². The lowest BCUT2D eigenvalue weighted by atomic mass is 10.2. The van der Waals surface area contributed by atoms with Crippen molar-refractivity contribution in [3.63, 3.8) is 0 Å². The minimum absolute atomic E-state index is 0.0498. The van der Waals surface area contributed by atoms with Crippen molar-refractivity contribution >= 4 is 27.6 Å². The second-order valence-electron chi connectivity index (χ2n) is 5.99. The van der Waals surface area contributed by atoms with Crippen LogP contribution in [0.1, 0.15) is 19.8 Å². The summed E-state index contributed by atoms with van der Waals surface area (Å²) in [5.41, 5.74) is 0. The molecule has 2 aliphatic rings. The Labute approximate surface area is 135 Å². The summed E-state index contributed by atoms with van der Waals surface area (Å²) in [6, 6.07) is -0.384. The Hall–Kier alpha value is -1.64. The van der Waals surface area contributed by atoms with Crippen LogP contribution in [0.5, 0.6) is 0 Å². The summed E-state index contributed by atoms with van der Waals surface area (Å²) in [6.45, 7) is 1.97. The predicted octanol–water partition coefficient (Wildman–Crippen LogP) is -1.05. The van der Waals surface area contributed by atoms with Crippen molar-refractivity contribution in [1.29, 1.82) is 0 Å². The molecule has 1 aliphatic carbocycles. The molecule has 2 fully saturated rings. The summed E-state index contributed by atoms with van der Waals surface area (Å²) in [7, 11) is -1.78. The SMILES string of the molecule is CCN(CC(=O)N[C@@H]1CCS(=O)(=O)C1)C(=O)[C@H]1C[C@H]1C(=O)OC. The molecule has 9 heteroatoms. The molecular weight excluding hydrogens is 324 g/mol. The number of nitrogens with one attached hydrogen (secondary N) is 1. The lowest BCUT2D eigenvalue weighted by Gasteiger charge is -2.21. The van der Waals surface area contributed by atoms with Crippen LogP contribution >= 0.6 is 0 Å². The zero-order chi connectivity index (χ0) is 17.2. The second-order valence-corrected chi connectivity index (χ2v) is 8.22. The Balaban J connectivity index is 1.84. The number of rotatable bonds is 6. The largest absolute Gasteiger partial charge is 0.469 e. The summed E-state index contributed by atoms with van der Waals surface area (Å²) < 4.78 is 27.4. The highest BCUT2D eigenvalue weighted by Crippen LogP contribution is 2.40. The van der Waals surface area contributed by atoms with Gasteiger partial charge in [-0.3, -0.25) is 14.4 Å². The Morgan fingerprint density at radius 1 is 1.26 bits per heavy atom. The summed E-state index contributed by atoms with van der Waals surface area (Å²) in [4.78, 5) is 37.1. The molecule has 23 heavy (non-hydrogen) atoms. The zero-order valence-corrected chi connectivity index (χ0v) is 14.1. The fourth-order valence-corrected chi connectivity index (χ4v) is 4.49. The third kappa shape index (κ3) is 4.43. The van der Waals surface area contributed by atoms with E-state index in [-0.39, 0.29) is 35.9 Å². The topological polar surface area (TPSA) is 110 Å². The van der Waals surface area contributed by atoms with Gasteiger partial charge < -0.3 is 15.0 Å². The molecule has 0 aromatic heterocycles. The van der Waals surface area contributed by atoms with Crippen LogP contribution in [0.3, 0.4) is 0 Å². The number of ether oxygens (including phenoxy) is 1. The first kappa shape index (κ1) is 17.7. The van der Waals surface area contributed by atoms with Crippen LogP contribution in [0.25, 0.3) is 0 Å². The molecule has 2 amide bonds. The van der Waals surface area contributed by atoms with E-state index in [0.29, 0.717) is 19.4 Å². The Kier molecular flexibility index (Phi) is 5.28. The van der Waals surface area contributed by atoms with Gasteiger partial charge in [0.1, 0.15) is 0 Å². The van der Waals surface area contributed by atoms with Crippen LogP contribution in [-0.2, 0) is 29.0 Å². The molecule has 1 saturated heterocycles. The van der Waals surface area contributed by atoms with Crippen LogP contribution in [0, 0.1) is 11.8 Å². The van der Waals surface area contributed by atoms with Crippen LogP contribution in [0.2, 0.25) is 0 Å². The van der Waals surface area contributed by atoms with E-state index in [1.54, 1.807) is 6.92 Å². The first-order valence-electron chi connectivity index (χ1n) is 7.63. The molecule has 1 heterocycles. The van der Waals surface area contributed by atoms with Gasteiger partial charge in [0, 0.05) is 12.6 Å². The summed E-state index contributed by atoms with van der Waals surface area (Å²) in [5.74, 6) is -1.82. The number of esters is 1. The van der Waals surface area contributed by atoms with E-state index in [4.69, 9.17) is 0 Å². The summed E-state index contributed by atoms with van der Waals surface area (Å²) in [5, 5.41) is 2.66. The van der Waals surface area contributed by atoms with Crippen molar-refractivity contribution < 1.29 is 27.5 Å². The highest BCUT2D eigenvalue weighted by Gasteiger charge is 2.50. The number of hydrogen-bond donors (Lipinski definition) is 1. The molecule has 2 rings (SSSR count). The highest BCUT2D eigenvalue weighted by atomic mass is 32.2. The molecule has 0 radical (unpaired) electrons. The van der Waals surface area contributed by atoms with Gasteiger partial charge in [0.15, 0.2) is 9.84 Å². The average Bonchev–Trinajstić information content (AvgIpc) is 3.22. The van der Waals surface area contributed by atoms with Gasteiger partial charge in [-0.05, 0) is 19.8 Å². The van der Waals surface area contributed by atoms with E-state index >= 15 is 0 Å². The van der Waals surface area contributed by atoms with Crippen molar-refractivity contribution in [1.82, 2.24) is 10.2 Å². The number of hydrogen-bond acceptors (Lipinski definition) is 6. The molecule has 8 nitrogen and oxygen atoms in total. The van der Waals surface area contributed by atoms with E-state index in [2.05, 4.69) is 10.1 Å². The molecule has 0 aromatic carbocycles. The minimum atomic E-state index is -3.06. The first-order valence-corrected chi connectivity index (χ1v) is 9.46. The van der Waals surface area contributed by atoms with E-state index in [1.165, 1.54) is 12.0 Å². The van der Waals surface area contributed by atoms with E-state index in [1.807, 2.05) is 0 Å². The Bertz CT molecular complexity index is 602. The van der Waals surface area contributed by atoms with Crippen LogP contribution in [-0.4, -0.2) is 68.8 Å². The Morgan fingerprint density at radius 3 is 2.48 bits per heavy atom. The molecule has 1 saturated carbocycles. The maximum absolute atomic E-state index is 12.3. The van der Waals surface area contributed by atoms with Crippen LogP contribution in [0.4, 0.5) is 0 Å². The van der Waals surface area contributed by atoms with Crippen molar-refractivity contribution in [2.45, 2.75) is 25.8 Å². The highest BCUT2D eigenvalue weighted by molar-refractivity contribution is 7.91. The smallest absolute Gasteiger partial charge is 0.309 e. The predicted molar refractivity (Wildman–Crippen MR) is 81.1 cm³/mol. The molecule has 130 valence electrons. The quantitative estimate of drug-likeness (QED) is 0.615. The summed E-state index contributed by atoms with van der Waals surface area (Å²) >= 11 is 0. The van der Waals surface area contributed by atoms with Crippen LogP contribution < -0.4 is 5.32 Å². The molecular formula is C14H22N2O6S. The molecule has 0 aromatic rings. The van der Waals surface area contributed by atoms with Gasteiger partial charge in [0.2, 0.25) is 11.8 Å². The molecule has 3 atom stereocenters. The number of amides is 2. The molecule has 0 bridgehead atoms. The Morgan fingerprint density at radius 2 is 1.96 bits per heavy atom. The molecule has 0 unspecified atom stereocenters. The van der Waals surface area contributed by atoms with Gasteiger partial charge in [0.25, 0.3) is 0 Å². The lowest BCUT2D eigenvalue weighted by molar-refractivity contribution is -0.145. The monoisotopic (exact) mass is 346 g/mol. The van der Waals surface area contributed by atoms with E-state index in [9.17, 15) is 22.8 Å². The number of nitrogens with zero attached hydrogens (tertiary/aromatic N) is 1. The van der Waals surface area contributed by atoms with Crippen LogP contribution in [0.15, 0.2) is 0 Å². The molecule has 1 aliphatic heterocycles. The fourth-order valence-electron chi connectivity index (χ4n) is 2.82. The maximum Gasteiger partial charge on any atom is 0.309 e. The third-order valence-corrected chi connectivity index (χ3v) is 6.00. The van der Waals surface area contributed by atoms with Crippen molar-refractivity contribution in [3.05, 3.63) is 0 Å². The summed E-state index contributed by atoms with van der Waals surface area (Å²) in [6.07, 6.45) is 0.853. The number of methoxy groups -OCH3 is 1. The first-order chi connectivity index (χ1) is 10.8. The van der Waals surface area contributed by atoms with Gasteiger partial charge in [-0.25, -0.2) is 8.42 Å². The van der Waals surface area contributed by atoms with Crippen molar-refractivity contribution in [3.8, 4) is 0 Å². The van der Waals surface area contributed by atoms with Crippen molar-refractivity contribution in [2.24, 2.45) is 11.8 Å². The average molecular weight is 346 g/mol. The normalized spacial score (nSPS) is 28.0. The molecule has 0 spiro atoms. The van der Waals surface area contributed by atoms with Gasteiger partial charge in [0.05, 0.1) is 37.0 Å². The number of carbonyl (C=O) groups excluding carboxylic acids is 3. The minimum Gasteiger partial charge on any atom is -0.469 e. The van der Waals surface area contributed by atoms with E-state index < -0.39 is 27.6 Å². The maximum atomic E-state index is 12.3. The number of likely N-dealkylation sites (N-methyl/N-ethyl adjacent to an activating group) is 1. The van der Waals surface area contributed by atoms with Gasteiger partial charge >= 0.3 is 5.97 Å². The molecule has 1 N–H and O–H groups in total. The van der Waals surface area contributed by atoms with Gasteiger partial charge in [-0.15, -0.1) is 0 Å². The second kappa shape index (κ2) is 6.86. The number of carbonyl (C=O) groups is 3. The fraction of sp³-hybridized carbons (Fsp3) is 0.786. The van der Waals surface area contributed by atoms with Gasteiger partial charge in [-0.1, -0.05) is 0 Å². The van der Waals surface area contributed by atoms with Crippen molar-refractivity contribution in [2.75, 3.05) is 31.7 Å². The standard InChI is InChI=1S/C14H22N2O6S/c1-3-16(13(18)10-6-11(10)14(19)22-2)7-12(17)15-9-4-5-23(20,21)8-9/h9-11H,3-8H2,1-2H3,(H,15,17)/t9-,10+,11-/m1/s1.